The van der Waals surface area contributed by atoms with Gasteiger partial charge in [0.2, 0.25) is 18.1 Å². The molecule has 0 aliphatic carbocycles. The van der Waals surface area contributed by atoms with Crippen LogP contribution in [0.1, 0.15) is 26.6 Å². The number of thioether (sulfide) groups is 1. The van der Waals surface area contributed by atoms with E-state index in [1.807, 2.05) is 0 Å². The van der Waals surface area contributed by atoms with E-state index in [0.717, 1.165) is 16.4 Å². The highest BCUT2D eigenvalue weighted by Crippen LogP contribution is 2.40. The van der Waals surface area contributed by atoms with Gasteiger partial charge in [0.25, 0.3) is 11.8 Å². The van der Waals surface area contributed by atoms with Gasteiger partial charge in [-0.25, -0.2) is 9.59 Å². The fourth-order valence-corrected chi connectivity index (χ4v) is 4.74. The van der Waals surface area contributed by atoms with Gasteiger partial charge in [-0.15, -0.1) is 11.8 Å². The Balaban J connectivity index is 1.74. The van der Waals surface area contributed by atoms with Crippen LogP contribution in [0.5, 0.6) is 0 Å². The van der Waals surface area contributed by atoms with E-state index in [-0.39, 0.29) is 28.2 Å². The first-order valence-electron chi connectivity index (χ1n) is 9.70. The maximum Gasteiger partial charge on any atom is 0.356 e. The summed E-state index contributed by atoms with van der Waals surface area (Å²) in [6.07, 6.45) is 0. The molecule has 0 spiro atoms. The predicted molar refractivity (Wildman–Crippen MR) is 119 cm³/mol. The number of fused-ring (bicyclic) bond motifs is 1. The third-order valence-corrected chi connectivity index (χ3v) is 6.09. The zero-order valence-electron chi connectivity index (χ0n) is 18.6. The average Bonchev–Trinajstić information content (AvgIpc) is 3.18. The number of ether oxygens (including phenoxy) is 2. The minimum atomic E-state index is -1.32. The number of amides is 2. The standard InChI is InChI=1S/C18H22N6O8S2/c1-18(2,3)32-8(25)5-31-22-9(12-21-17(19)34-23-12)13(26)20-10-14(27)24-11(16(28)29)7(30-4)6-33-15(10)24/h10,15H,5-6H2,1-4H3,(H,20,26)(H,28,29)(H2,19,21,23)/b22-9-/t10?,15-/m1/s1. The molecule has 3 rings (SSSR count). The Bertz CT molecular complexity index is 1080. The number of anilines is 1. The summed E-state index contributed by atoms with van der Waals surface area (Å²) >= 11 is 2.03. The van der Waals surface area contributed by atoms with Crippen molar-refractivity contribution in [1.82, 2.24) is 19.6 Å². The van der Waals surface area contributed by atoms with E-state index in [0.29, 0.717) is 0 Å². The van der Waals surface area contributed by atoms with Gasteiger partial charge in [0.15, 0.2) is 10.8 Å². The molecule has 2 aliphatic heterocycles. The first-order valence-corrected chi connectivity index (χ1v) is 11.5. The van der Waals surface area contributed by atoms with E-state index in [2.05, 4.69) is 19.8 Å². The van der Waals surface area contributed by atoms with Gasteiger partial charge in [0.1, 0.15) is 22.8 Å². The molecule has 14 nitrogen and oxygen atoms in total. The largest absolute Gasteiger partial charge is 0.498 e. The lowest BCUT2D eigenvalue weighted by molar-refractivity contribution is -0.160. The number of carboxylic acid groups (broad SMARTS) is 1. The number of oxime groups is 1. The third kappa shape index (κ3) is 5.39. The molecular weight excluding hydrogens is 492 g/mol. The molecule has 1 saturated heterocycles. The number of nitrogens with zero attached hydrogens (tertiary/aromatic N) is 4. The van der Waals surface area contributed by atoms with Crippen LogP contribution in [-0.4, -0.2) is 85.3 Å². The monoisotopic (exact) mass is 514 g/mol. The van der Waals surface area contributed by atoms with Gasteiger partial charge >= 0.3 is 11.9 Å². The minimum Gasteiger partial charge on any atom is -0.498 e. The molecule has 0 bridgehead atoms. The van der Waals surface area contributed by atoms with Gasteiger partial charge in [-0.3, -0.25) is 14.5 Å². The van der Waals surface area contributed by atoms with Crippen molar-refractivity contribution in [2.75, 3.05) is 25.2 Å². The summed E-state index contributed by atoms with van der Waals surface area (Å²) in [4.78, 5) is 59.0. The number of methoxy groups -OCH3 is 1. The normalized spacial score (nSPS) is 20.3. The summed E-state index contributed by atoms with van der Waals surface area (Å²) in [5, 5.41) is 15.0. The van der Waals surface area contributed by atoms with Crippen LogP contribution in [0.25, 0.3) is 0 Å². The van der Waals surface area contributed by atoms with Crippen molar-refractivity contribution in [3.05, 3.63) is 17.3 Å². The van der Waals surface area contributed by atoms with Crippen LogP contribution in [-0.2, 0) is 33.5 Å². The van der Waals surface area contributed by atoms with E-state index in [9.17, 15) is 24.3 Å². The van der Waals surface area contributed by atoms with Crippen LogP contribution in [0, 0.1) is 0 Å². The lowest BCUT2D eigenvalue weighted by Crippen LogP contribution is -2.71. The zero-order chi connectivity index (χ0) is 25.2. The first kappa shape index (κ1) is 25.2. The quantitative estimate of drug-likeness (QED) is 0.175. The lowest BCUT2D eigenvalue weighted by atomic mass is 10.0. The number of β-lactam (4-membered cyclic amide) rings is 1. The van der Waals surface area contributed by atoms with Crippen molar-refractivity contribution in [1.29, 1.82) is 0 Å². The first-order chi connectivity index (χ1) is 15.9. The van der Waals surface area contributed by atoms with E-state index in [1.54, 1.807) is 20.8 Å². The Hall–Kier alpha value is -3.40. The second-order valence-corrected chi connectivity index (χ2v) is 9.79. The van der Waals surface area contributed by atoms with E-state index < -0.39 is 53.1 Å². The van der Waals surface area contributed by atoms with Gasteiger partial charge in [-0.2, -0.15) is 9.36 Å². The summed E-state index contributed by atoms with van der Waals surface area (Å²) in [7, 11) is 1.31. The number of nitrogens with two attached hydrogens (primary N) is 1. The Labute approximate surface area is 201 Å². The van der Waals surface area contributed by atoms with Crippen LogP contribution in [0.2, 0.25) is 0 Å². The molecule has 2 amide bonds. The maximum atomic E-state index is 12.9. The van der Waals surface area contributed by atoms with Crippen molar-refractivity contribution in [2.24, 2.45) is 5.16 Å². The molecule has 2 aliphatic rings. The molecule has 1 aromatic heterocycles. The Morgan fingerprint density at radius 1 is 1.35 bits per heavy atom. The summed E-state index contributed by atoms with van der Waals surface area (Å²) in [6.45, 7) is 4.45. The molecule has 2 atom stereocenters. The number of carbonyl (C=O) groups is 4. The molecule has 1 fully saturated rings. The number of carboxylic acids is 1. The molecule has 0 saturated carbocycles. The molecule has 1 aromatic rings. The number of esters is 1. The van der Waals surface area contributed by atoms with E-state index >= 15 is 0 Å². The second-order valence-electron chi connectivity index (χ2n) is 7.90. The fourth-order valence-electron chi connectivity index (χ4n) is 2.99. The van der Waals surface area contributed by atoms with Gasteiger partial charge in [0, 0.05) is 11.5 Å². The van der Waals surface area contributed by atoms with Crippen LogP contribution < -0.4 is 11.1 Å². The lowest BCUT2D eigenvalue weighted by Gasteiger charge is -2.48. The third-order valence-electron chi connectivity index (χ3n) is 4.30. The molecule has 4 N–H and O–H groups in total. The molecule has 0 radical (unpaired) electrons. The van der Waals surface area contributed by atoms with Crippen molar-refractivity contribution in [3.63, 3.8) is 0 Å². The van der Waals surface area contributed by atoms with Gasteiger partial charge in [0.05, 0.1) is 12.9 Å². The number of aliphatic carboxylic acids is 1. The maximum absolute atomic E-state index is 12.9. The van der Waals surface area contributed by atoms with Crippen molar-refractivity contribution in [3.8, 4) is 0 Å². The summed E-state index contributed by atoms with van der Waals surface area (Å²) in [6, 6.07) is -1.04. The number of carbonyl (C=O) groups excluding carboxylic acids is 3. The SMILES string of the molecule is COC1=C(C(=O)O)N2C(=O)C(NC(=O)/C(=N\OCC(=O)OC(C)(C)C)c3nsc(N)n3)[C@H]2SC1. The molecule has 34 heavy (non-hydrogen) atoms. The Morgan fingerprint density at radius 3 is 2.62 bits per heavy atom. The van der Waals surface area contributed by atoms with Crippen LogP contribution in [0.3, 0.4) is 0 Å². The summed E-state index contributed by atoms with van der Waals surface area (Å²) in [5.74, 6) is -3.38. The molecule has 3 heterocycles. The average molecular weight is 515 g/mol. The number of hydrogen-bond acceptors (Lipinski definition) is 13. The van der Waals surface area contributed by atoms with E-state index in [1.165, 1.54) is 18.9 Å². The highest BCUT2D eigenvalue weighted by molar-refractivity contribution is 8.00. The fraction of sp³-hybridized carbons (Fsp3) is 0.500. The van der Waals surface area contributed by atoms with Gasteiger partial charge in [-0.1, -0.05) is 5.16 Å². The number of nitrogens with one attached hydrogen (secondary N) is 1. The highest BCUT2D eigenvalue weighted by Gasteiger charge is 2.55. The molecule has 184 valence electrons. The Morgan fingerprint density at radius 2 is 2.06 bits per heavy atom. The van der Waals surface area contributed by atoms with Crippen LogP contribution >= 0.6 is 23.3 Å². The molecule has 0 aromatic carbocycles. The smallest absolute Gasteiger partial charge is 0.356 e. The number of aromatic nitrogens is 2. The van der Waals surface area contributed by atoms with Gasteiger partial charge in [-0.05, 0) is 20.8 Å². The zero-order valence-corrected chi connectivity index (χ0v) is 20.2. The Kier molecular flexibility index (Phi) is 7.30. The number of rotatable bonds is 8. The highest BCUT2D eigenvalue weighted by atomic mass is 32.2. The molecule has 1 unspecified atom stereocenters. The second kappa shape index (κ2) is 9.84. The molecular formula is C18H22N6O8S2. The van der Waals surface area contributed by atoms with E-state index in [4.69, 9.17) is 20.0 Å². The van der Waals surface area contributed by atoms with Crippen molar-refractivity contribution >= 4 is 57.9 Å². The van der Waals surface area contributed by atoms with Crippen LogP contribution in [0.4, 0.5) is 5.13 Å². The van der Waals surface area contributed by atoms with Crippen LogP contribution in [0.15, 0.2) is 16.6 Å². The summed E-state index contributed by atoms with van der Waals surface area (Å²) < 4.78 is 14.1. The van der Waals surface area contributed by atoms with Crippen molar-refractivity contribution < 1.29 is 38.6 Å². The topological polar surface area (TPSA) is 196 Å². The molecule has 16 heteroatoms. The predicted octanol–water partition coefficient (Wildman–Crippen LogP) is -0.475. The van der Waals surface area contributed by atoms with Gasteiger partial charge < -0.3 is 30.5 Å². The summed E-state index contributed by atoms with van der Waals surface area (Å²) in [5.41, 5.74) is 4.15. The minimum absolute atomic E-state index is 0.0553. The number of hydrogen-bond donors (Lipinski definition) is 3. The number of nitrogen functional groups attached to an aromatic ring is 1. The van der Waals surface area contributed by atoms with Crippen molar-refractivity contribution in [2.45, 2.75) is 37.8 Å².